The lowest BCUT2D eigenvalue weighted by Gasteiger charge is -2.02. The normalized spacial score (nSPS) is 11.6. The van der Waals surface area contributed by atoms with Gasteiger partial charge < -0.3 is 0 Å². The molecular formula is C12H11ClFN2S+. The first-order valence-corrected chi connectivity index (χ1v) is 6.27. The Morgan fingerprint density at radius 3 is 2.82 bits per heavy atom. The van der Waals surface area contributed by atoms with Gasteiger partial charge in [0, 0.05) is 5.02 Å². The highest BCUT2D eigenvalue weighted by Gasteiger charge is 2.14. The monoisotopic (exact) mass is 269 g/mol. The van der Waals surface area contributed by atoms with Gasteiger partial charge >= 0.3 is 0 Å². The van der Waals surface area contributed by atoms with Gasteiger partial charge in [-0.25, -0.2) is 9.71 Å². The smallest absolute Gasteiger partial charge is 0.276 e. The Bertz CT molecular complexity index is 537. The second-order valence-corrected chi connectivity index (χ2v) is 4.74. The minimum Gasteiger partial charge on any atom is -0.276 e. The number of anilines is 1. The molecule has 0 bridgehead atoms. The topological polar surface area (TPSA) is 26.0 Å². The van der Waals surface area contributed by atoms with Gasteiger partial charge in [-0.15, -0.1) is 11.3 Å². The molecule has 2 nitrogen and oxygen atoms in total. The van der Waals surface area contributed by atoms with Gasteiger partial charge in [-0.2, -0.15) is 0 Å². The number of amidine groups is 1. The van der Waals surface area contributed by atoms with Crippen LogP contribution >= 0.6 is 22.9 Å². The van der Waals surface area contributed by atoms with Crippen LogP contribution in [-0.2, 0) is 0 Å². The highest BCUT2D eigenvalue weighted by molar-refractivity contribution is 7.12. The van der Waals surface area contributed by atoms with Crippen molar-refractivity contribution in [3.63, 3.8) is 0 Å². The minimum absolute atomic E-state index is 0.373. The second kappa shape index (κ2) is 5.29. The van der Waals surface area contributed by atoms with Crippen LogP contribution in [0.4, 0.5) is 10.1 Å². The third-order valence-corrected chi connectivity index (χ3v) is 3.33. The SMILES string of the molecule is C[NH+]=C(Nc1ccc(Cl)cc1F)c1cccs1. The van der Waals surface area contributed by atoms with Gasteiger partial charge in [0.2, 0.25) is 0 Å². The van der Waals surface area contributed by atoms with Gasteiger partial charge in [0.05, 0.1) is 7.05 Å². The molecule has 0 saturated carbocycles. The van der Waals surface area contributed by atoms with Gasteiger partial charge in [-0.3, -0.25) is 4.99 Å². The van der Waals surface area contributed by atoms with Crippen LogP contribution in [0.5, 0.6) is 0 Å². The third-order valence-electron chi connectivity index (χ3n) is 2.21. The van der Waals surface area contributed by atoms with Gasteiger partial charge in [-0.1, -0.05) is 17.7 Å². The summed E-state index contributed by atoms with van der Waals surface area (Å²) in [5.41, 5.74) is 0.396. The molecular weight excluding hydrogens is 259 g/mol. The summed E-state index contributed by atoms with van der Waals surface area (Å²) in [4.78, 5) is 4.03. The molecule has 0 unspecified atom stereocenters. The van der Waals surface area contributed by atoms with E-state index in [1.54, 1.807) is 30.5 Å². The van der Waals surface area contributed by atoms with E-state index in [-0.39, 0.29) is 5.82 Å². The molecule has 1 heterocycles. The molecule has 5 heteroatoms. The summed E-state index contributed by atoms with van der Waals surface area (Å²) in [6.07, 6.45) is 0. The molecule has 1 aromatic carbocycles. The summed E-state index contributed by atoms with van der Waals surface area (Å²) in [7, 11) is 1.79. The van der Waals surface area contributed by atoms with E-state index in [1.165, 1.54) is 6.07 Å². The van der Waals surface area contributed by atoms with E-state index < -0.39 is 0 Å². The molecule has 0 radical (unpaired) electrons. The molecule has 2 rings (SSSR count). The van der Waals surface area contributed by atoms with Gasteiger partial charge in [0.15, 0.2) is 11.5 Å². The van der Waals surface area contributed by atoms with Crippen LogP contribution in [0, 0.1) is 5.82 Å². The fourth-order valence-electron chi connectivity index (χ4n) is 1.39. The standard InChI is InChI=1S/C12H10ClFN2S/c1-15-12(11-3-2-6-17-11)16-10-5-4-8(13)7-9(10)14/h2-7H,1H3,(H,15,16)/p+1. The molecule has 2 aromatic rings. The number of nitrogens with one attached hydrogen (secondary N) is 2. The molecule has 1 aromatic heterocycles. The van der Waals surface area contributed by atoms with E-state index in [0.29, 0.717) is 10.7 Å². The predicted octanol–water partition coefficient (Wildman–Crippen LogP) is 2.11. The average molecular weight is 270 g/mol. The van der Waals surface area contributed by atoms with Gasteiger partial charge in [-0.05, 0) is 29.6 Å². The van der Waals surface area contributed by atoms with Crippen molar-refractivity contribution in [1.29, 1.82) is 0 Å². The van der Waals surface area contributed by atoms with E-state index >= 15 is 0 Å². The number of benzene rings is 1. The lowest BCUT2D eigenvalue weighted by molar-refractivity contribution is -0.419. The molecule has 0 aliphatic rings. The number of rotatable bonds is 2. The number of hydrogen-bond donors (Lipinski definition) is 2. The molecule has 0 spiro atoms. The fraction of sp³-hybridized carbons (Fsp3) is 0.0833. The van der Waals surface area contributed by atoms with Crippen molar-refractivity contribution in [1.82, 2.24) is 0 Å². The minimum atomic E-state index is -0.373. The van der Waals surface area contributed by atoms with E-state index in [2.05, 4.69) is 10.3 Å². The summed E-state index contributed by atoms with van der Waals surface area (Å²) in [5.74, 6) is 0.392. The molecule has 0 atom stereocenters. The fourth-order valence-corrected chi connectivity index (χ4v) is 2.28. The van der Waals surface area contributed by atoms with E-state index in [0.717, 1.165) is 10.7 Å². The van der Waals surface area contributed by atoms with Crippen LogP contribution < -0.4 is 10.3 Å². The molecule has 0 saturated heterocycles. The van der Waals surface area contributed by atoms with Crippen LogP contribution in [0.3, 0.4) is 0 Å². The first-order valence-electron chi connectivity index (χ1n) is 5.01. The Labute approximate surface area is 108 Å². The summed E-state index contributed by atoms with van der Waals surface area (Å²) in [5, 5.41) is 5.36. The van der Waals surface area contributed by atoms with Crippen LogP contribution in [0.1, 0.15) is 4.88 Å². The summed E-state index contributed by atoms with van der Waals surface area (Å²) in [6, 6.07) is 8.44. The number of halogens is 2. The lowest BCUT2D eigenvalue weighted by atomic mass is 10.3. The highest BCUT2D eigenvalue weighted by Crippen LogP contribution is 2.19. The molecule has 0 aliphatic heterocycles. The maximum atomic E-state index is 13.6. The Balaban J connectivity index is 2.25. The van der Waals surface area contributed by atoms with Crippen LogP contribution in [-0.4, -0.2) is 12.9 Å². The van der Waals surface area contributed by atoms with Crippen LogP contribution in [0.15, 0.2) is 35.7 Å². The zero-order valence-electron chi connectivity index (χ0n) is 9.13. The van der Waals surface area contributed by atoms with Gasteiger partial charge in [0.1, 0.15) is 4.88 Å². The van der Waals surface area contributed by atoms with Crippen molar-refractivity contribution in [3.8, 4) is 0 Å². The molecule has 2 N–H and O–H groups in total. The molecule has 0 fully saturated rings. The summed E-state index contributed by atoms with van der Waals surface area (Å²) >= 11 is 7.27. The van der Waals surface area contributed by atoms with Crippen molar-refractivity contribution >= 4 is 34.5 Å². The van der Waals surface area contributed by atoms with Crippen molar-refractivity contribution in [3.05, 3.63) is 51.4 Å². The highest BCUT2D eigenvalue weighted by atomic mass is 35.5. The Morgan fingerprint density at radius 2 is 2.24 bits per heavy atom. The second-order valence-electron chi connectivity index (χ2n) is 3.35. The Kier molecular flexibility index (Phi) is 3.76. The molecule has 17 heavy (non-hydrogen) atoms. The first kappa shape index (κ1) is 12.1. The summed E-state index contributed by atoms with van der Waals surface area (Å²) in [6.45, 7) is 0. The van der Waals surface area contributed by atoms with Crippen molar-refractivity contribution in [2.75, 3.05) is 12.4 Å². The first-order chi connectivity index (χ1) is 8.20. The zero-order chi connectivity index (χ0) is 12.3. The van der Waals surface area contributed by atoms with Gasteiger partial charge in [0.25, 0.3) is 5.84 Å². The predicted molar refractivity (Wildman–Crippen MR) is 70.3 cm³/mol. The van der Waals surface area contributed by atoms with Crippen LogP contribution in [0.25, 0.3) is 0 Å². The number of hydrogen-bond acceptors (Lipinski definition) is 1. The maximum absolute atomic E-state index is 13.6. The maximum Gasteiger partial charge on any atom is 0.290 e. The molecule has 88 valence electrons. The summed E-state index contributed by atoms with van der Waals surface area (Å²) < 4.78 is 13.6. The van der Waals surface area contributed by atoms with Crippen molar-refractivity contribution in [2.24, 2.45) is 0 Å². The molecule has 0 aliphatic carbocycles. The lowest BCUT2D eigenvalue weighted by Crippen LogP contribution is -2.70. The zero-order valence-corrected chi connectivity index (χ0v) is 10.7. The van der Waals surface area contributed by atoms with Crippen LogP contribution in [0.2, 0.25) is 5.02 Å². The quantitative estimate of drug-likeness (QED) is 0.634. The van der Waals surface area contributed by atoms with E-state index in [9.17, 15) is 4.39 Å². The van der Waals surface area contributed by atoms with Crippen molar-refractivity contribution in [2.45, 2.75) is 0 Å². The Hall–Kier alpha value is -1.39. The largest absolute Gasteiger partial charge is 0.290 e. The van der Waals surface area contributed by atoms with E-state index in [4.69, 9.17) is 11.6 Å². The third kappa shape index (κ3) is 2.84. The van der Waals surface area contributed by atoms with Crippen molar-refractivity contribution < 1.29 is 9.38 Å². The Morgan fingerprint density at radius 1 is 1.41 bits per heavy atom. The van der Waals surface area contributed by atoms with E-state index in [1.807, 2.05) is 17.5 Å². The molecule has 0 amide bonds. The number of thiophene rings is 1. The average Bonchev–Trinajstić information content (AvgIpc) is 2.81.